The Labute approximate surface area is 190 Å². The fraction of sp³-hybridized carbons (Fsp3) is 0.348. The fourth-order valence-electron chi connectivity index (χ4n) is 4.17. The molecule has 1 amide bonds. The average Bonchev–Trinajstić information content (AvgIpc) is 3.40. The third-order valence-electron chi connectivity index (χ3n) is 6.02. The Kier molecular flexibility index (Phi) is 5.65. The lowest BCUT2D eigenvalue weighted by Gasteiger charge is -2.31. The maximum atomic E-state index is 13.3. The van der Waals surface area contributed by atoms with Crippen LogP contribution in [0.3, 0.4) is 0 Å². The van der Waals surface area contributed by atoms with Crippen molar-refractivity contribution < 1.29 is 9.32 Å². The highest BCUT2D eigenvalue weighted by atomic mass is 32.2. The van der Waals surface area contributed by atoms with E-state index >= 15 is 0 Å². The third kappa shape index (κ3) is 3.88. The molecule has 4 aromatic rings. The van der Waals surface area contributed by atoms with E-state index in [9.17, 15) is 4.79 Å². The van der Waals surface area contributed by atoms with Gasteiger partial charge in [0.15, 0.2) is 5.65 Å². The van der Waals surface area contributed by atoms with E-state index in [1.54, 1.807) is 18.0 Å². The number of hydrogen-bond acceptors (Lipinski definition) is 7. The minimum Gasteiger partial charge on any atom is -0.361 e. The molecule has 8 nitrogen and oxygen atoms in total. The zero-order valence-corrected chi connectivity index (χ0v) is 18.9. The lowest BCUT2D eigenvalue weighted by atomic mass is 9.95. The molecular weight excluding hydrogens is 424 g/mol. The van der Waals surface area contributed by atoms with Gasteiger partial charge in [0.25, 0.3) is 5.91 Å². The van der Waals surface area contributed by atoms with Crippen LogP contribution in [0.25, 0.3) is 5.65 Å². The van der Waals surface area contributed by atoms with Crippen LogP contribution >= 0.6 is 11.8 Å². The van der Waals surface area contributed by atoms with Crippen molar-refractivity contribution in [3.05, 3.63) is 71.1 Å². The summed E-state index contributed by atoms with van der Waals surface area (Å²) in [6.45, 7) is 5.21. The zero-order valence-electron chi connectivity index (χ0n) is 18.1. The Balaban J connectivity index is 1.27. The average molecular weight is 449 g/mol. The first kappa shape index (κ1) is 20.7. The summed E-state index contributed by atoms with van der Waals surface area (Å²) < 4.78 is 7.30. The molecule has 32 heavy (non-hydrogen) atoms. The van der Waals surface area contributed by atoms with Crippen LogP contribution in [0.1, 0.15) is 52.0 Å². The van der Waals surface area contributed by atoms with Gasteiger partial charge in [0.2, 0.25) is 0 Å². The van der Waals surface area contributed by atoms with Crippen molar-refractivity contribution in [1.29, 1.82) is 0 Å². The van der Waals surface area contributed by atoms with E-state index in [1.807, 2.05) is 59.7 Å². The van der Waals surface area contributed by atoms with E-state index in [0.29, 0.717) is 30.3 Å². The molecule has 1 aliphatic rings. The lowest BCUT2D eigenvalue weighted by Crippen LogP contribution is -2.38. The molecule has 4 aromatic heterocycles. The topological polar surface area (TPSA) is 89.4 Å². The van der Waals surface area contributed by atoms with Gasteiger partial charge in [-0.2, -0.15) is 0 Å². The lowest BCUT2D eigenvalue weighted by molar-refractivity contribution is 0.0706. The van der Waals surface area contributed by atoms with E-state index in [2.05, 4.69) is 20.3 Å². The number of piperidine rings is 1. The Morgan fingerprint density at radius 1 is 1.16 bits per heavy atom. The number of rotatable bonds is 5. The predicted molar refractivity (Wildman–Crippen MR) is 121 cm³/mol. The van der Waals surface area contributed by atoms with E-state index in [4.69, 9.17) is 4.52 Å². The van der Waals surface area contributed by atoms with Crippen molar-refractivity contribution in [2.75, 3.05) is 13.1 Å². The van der Waals surface area contributed by atoms with Crippen LogP contribution in [-0.2, 0) is 5.75 Å². The van der Waals surface area contributed by atoms with E-state index in [1.165, 1.54) is 0 Å². The van der Waals surface area contributed by atoms with Gasteiger partial charge >= 0.3 is 0 Å². The molecule has 1 saturated heterocycles. The van der Waals surface area contributed by atoms with Gasteiger partial charge in [0.05, 0.1) is 11.3 Å². The summed E-state index contributed by atoms with van der Waals surface area (Å²) in [5, 5.41) is 13.4. The molecule has 0 N–H and O–H groups in total. The Morgan fingerprint density at radius 2 is 2.00 bits per heavy atom. The van der Waals surface area contributed by atoms with Crippen LogP contribution in [0.4, 0.5) is 0 Å². The zero-order chi connectivity index (χ0) is 22.1. The van der Waals surface area contributed by atoms with Crippen LogP contribution in [0.15, 0.2) is 52.3 Å². The SMILES string of the molecule is Cc1noc(C)c1CSc1ncccc1C(=O)N1CCC(c2nnc3ccccn23)CC1. The molecule has 0 atom stereocenters. The second kappa shape index (κ2) is 8.74. The quantitative estimate of drug-likeness (QED) is 0.426. The normalized spacial score (nSPS) is 14.9. The number of carbonyl (C=O) groups excluding carboxylic acids is 1. The Morgan fingerprint density at radius 3 is 2.78 bits per heavy atom. The molecule has 1 fully saturated rings. The number of aryl methyl sites for hydroxylation is 2. The number of amides is 1. The smallest absolute Gasteiger partial charge is 0.256 e. The molecule has 0 aliphatic carbocycles. The van der Waals surface area contributed by atoms with Gasteiger partial charge in [-0.05, 0) is 51.0 Å². The highest BCUT2D eigenvalue weighted by Crippen LogP contribution is 2.31. The van der Waals surface area contributed by atoms with E-state index in [-0.39, 0.29) is 5.91 Å². The number of thioether (sulfide) groups is 1. The molecule has 1 aliphatic heterocycles. The molecule has 5 rings (SSSR count). The molecule has 0 spiro atoms. The number of carbonyl (C=O) groups is 1. The summed E-state index contributed by atoms with van der Waals surface area (Å²) >= 11 is 1.55. The molecule has 9 heteroatoms. The van der Waals surface area contributed by atoms with Gasteiger partial charge in [-0.1, -0.05) is 11.2 Å². The van der Waals surface area contributed by atoms with Crippen molar-refractivity contribution >= 4 is 23.3 Å². The Hall–Kier alpha value is -3.20. The molecule has 0 saturated carbocycles. The summed E-state index contributed by atoms with van der Waals surface area (Å²) in [7, 11) is 0. The van der Waals surface area contributed by atoms with Crippen LogP contribution in [-0.4, -0.2) is 48.6 Å². The van der Waals surface area contributed by atoms with Crippen molar-refractivity contribution in [2.24, 2.45) is 0 Å². The number of nitrogens with zero attached hydrogens (tertiary/aromatic N) is 6. The molecule has 0 unspecified atom stereocenters. The predicted octanol–water partition coefficient (Wildman–Crippen LogP) is 4.04. The first-order valence-corrected chi connectivity index (χ1v) is 11.7. The fourth-order valence-corrected chi connectivity index (χ4v) is 5.31. The number of fused-ring (bicyclic) bond motifs is 1. The van der Waals surface area contributed by atoms with Crippen LogP contribution in [0.2, 0.25) is 0 Å². The molecule has 5 heterocycles. The second-order valence-corrected chi connectivity index (χ2v) is 8.97. The van der Waals surface area contributed by atoms with Crippen LogP contribution in [0.5, 0.6) is 0 Å². The number of aromatic nitrogens is 5. The molecule has 0 bridgehead atoms. The first-order chi connectivity index (χ1) is 15.6. The summed E-state index contributed by atoms with van der Waals surface area (Å²) in [6, 6.07) is 9.59. The molecule has 164 valence electrons. The summed E-state index contributed by atoms with van der Waals surface area (Å²) in [6.07, 6.45) is 5.46. The maximum Gasteiger partial charge on any atom is 0.256 e. The highest BCUT2D eigenvalue weighted by molar-refractivity contribution is 7.98. The van der Waals surface area contributed by atoms with Gasteiger partial charge in [0.1, 0.15) is 16.6 Å². The largest absolute Gasteiger partial charge is 0.361 e. The van der Waals surface area contributed by atoms with Crippen molar-refractivity contribution in [1.82, 2.24) is 29.6 Å². The van der Waals surface area contributed by atoms with Crippen molar-refractivity contribution in [3.8, 4) is 0 Å². The molecular formula is C23H24N6O2S. The van der Waals surface area contributed by atoms with E-state index < -0.39 is 0 Å². The maximum absolute atomic E-state index is 13.3. The van der Waals surface area contributed by atoms with Crippen LogP contribution in [0, 0.1) is 13.8 Å². The van der Waals surface area contributed by atoms with Crippen molar-refractivity contribution in [2.45, 2.75) is 43.4 Å². The Bertz CT molecular complexity index is 1240. The first-order valence-electron chi connectivity index (χ1n) is 10.7. The summed E-state index contributed by atoms with van der Waals surface area (Å²) in [5.74, 6) is 2.77. The molecule has 0 aromatic carbocycles. The summed E-state index contributed by atoms with van der Waals surface area (Å²) in [4.78, 5) is 19.7. The molecule has 0 radical (unpaired) electrons. The summed E-state index contributed by atoms with van der Waals surface area (Å²) in [5.41, 5.74) is 3.44. The monoisotopic (exact) mass is 448 g/mol. The van der Waals surface area contributed by atoms with Gasteiger partial charge in [-0.3, -0.25) is 9.20 Å². The van der Waals surface area contributed by atoms with Gasteiger partial charge < -0.3 is 9.42 Å². The van der Waals surface area contributed by atoms with Gasteiger partial charge in [-0.15, -0.1) is 22.0 Å². The standard InChI is InChI=1S/C23H24N6O2S/c1-15-19(16(2)31-27-15)14-32-22-18(6-5-10-24-22)23(30)28-12-8-17(9-13-28)21-26-25-20-7-3-4-11-29(20)21/h3-7,10-11,17H,8-9,12-14H2,1-2H3. The number of pyridine rings is 2. The number of likely N-dealkylation sites (tertiary alicyclic amines) is 1. The highest BCUT2D eigenvalue weighted by Gasteiger charge is 2.28. The third-order valence-corrected chi connectivity index (χ3v) is 7.06. The number of hydrogen-bond donors (Lipinski definition) is 0. The van der Waals surface area contributed by atoms with Gasteiger partial charge in [-0.25, -0.2) is 4.98 Å². The van der Waals surface area contributed by atoms with Gasteiger partial charge in [0, 0.05) is 42.7 Å². The van der Waals surface area contributed by atoms with Crippen LogP contribution < -0.4 is 0 Å². The minimum atomic E-state index is 0.0314. The van der Waals surface area contributed by atoms with E-state index in [0.717, 1.165) is 46.4 Å². The second-order valence-electron chi connectivity index (χ2n) is 8.00. The van der Waals surface area contributed by atoms with Crippen molar-refractivity contribution in [3.63, 3.8) is 0 Å². The minimum absolute atomic E-state index is 0.0314.